The minimum absolute atomic E-state index is 0.0547. The molecular weight excluding hydrogens is 332 g/mol. The van der Waals surface area contributed by atoms with Gasteiger partial charge in [-0.3, -0.25) is 4.79 Å². The lowest BCUT2D eigenvalue weighted by atomic mass is 10.0. The zero-order valence-corrected chi connectivity index (χ0v) is 15.1. The zero-order valence-electron chi connectivity index (χ0n) is 14.3. The van der Waals surface area contributed by atoms with Crippen molar-refractivity contribution in [3.05, 3.63) is 53.9 Å². The molecule has 1 atom stereocenters. The van der Waals surface area contributed by atoms with Crippen LogP contribution in [0.15, 0.2) is 47.6 Å². The molecule has 0 aliphatic carbocycles. The number of thioether (sulfide) groups is 1. The topological polar surface area (TPSA) is 59.8 Å². The predicted molar refractivity (Wildman–Crippen MR) is 99.9 cm³/mol. The molecule has 128 valence electrons. The van der Waals surface area contributed by atoms with E-state index in [0.717, 1.165) is 23.2 Å². The van der Waals surface area contributed by atoms with Crippen LogP contribution in [0.3, 0.4) is 0 Å². The molecule has 0 fully saturated rings. The molecule has 1 amide bonds. The maximum absolute atomic E-state index is 12.7. The Kier molecular flexibility index (Phi) is 4.21. The van der Waals surface area contributed by atoms with Crippen molar-refractivity contribution < 1.29 is 4.79 Å². The highest BCUT2D eigenvalue weighted by molar-refractivity contribution is 7.99. The van der Waals surface area contributed by atoms with Gasteiger partial charge < -0.3 is 5.32 Å². The molecule has 25 heavy (non-hydrogen) atoms. The summed E-state index contributed by atoms with van der Waals surface area (Å²) in [6, 6.07) is 10.4. The fraction of sp³-hybridized carbons (Fsp3) is 0.316. The number of carbonyl (C=O) groups is 1. The van der Waals surface area contributed by atoms with Crippen molar-refractivity contribution >= 4 is 28.7 Å². The molecule has 0 bridgehead atoms. The van der Waals surface area contributed by atoms with Crippen LogP contribution in [0.25, 0.3) is 11.0 Å². The Morgan fingerprint density at radius 2 is 2.16 bits per heavy atom. The Balaban J connectivity index is 1.59. The second-order valence-corrected chi connectivity index (χ2v) is 7.66. The largest absolute Gasteiger partial charge is 0.345 e. The Bertz CT molecular complexity index is 934. The van der Waals surface area contributed by atoms with E-state index in [-0.39, 0.29) is 18.0 Å². The lowest BCUT2D eigenvalue weighted by Gasteiger charge is -2.25. The van der Waals surface area contributed by atoms with E-state index < -0.39 is 0 Å². The third-order valence-corrected chi connectivity index (χ3v) is 5.57. The van der Waals surface area contributed by atoms with Gasteiger partial charge in [-0.1, -0.05) is 18.2 Å². The van der Waals surface area contributed by atoms with E-state index in [1.54, 1.807) is 12.4 Å². The van der Waals surface area contributed by atoms with Gasteiger partial charge in [0.15, 0.2) is 5.65 Å². The van der Waals surface area contributed by atoms with Crippen molar-refractivity contribution in [3.63, 3.8) is 0 Å². The predicted octanol–water partition coefficient (Wildman–Crippen LogP) is 3.98. The van der Waals surface area contributed by atoms with E-state index in [0.29, 0.717) is 5.56 Å². The van der Waals surface area contributed by atoms with Crippen LogP contribution in [0.2, 0.25) is 0 Å². The summed E-state index contributed by atoms with van der Waals surface area (Å²) in [6.07, 6.45) is 4.35. The van der Waals surface area contributed by atoms with E-state index in [4.69, 9.17) is 0 Å². The highest BCUT2D eigenvalue weighted by Gasteiger charge is 2.22. The second kappa shape index (κ2) is 6.52. The van der Waals surface area contributed by atoms with Crippen LogP contribution >= 0.6 is 11.8 Å². The Morgan fingerprint density at radius 1 is 1.32 bits per heavy atom. The lowest BCUT2D eigenvalue weighted by Crippen LogP contribution is -2.30. The minimum Gasteiger partial charge on any atom is -0.345 e. The van der Waals surface area contributed by atoms with Crippen LogP contribution in [0.5, 0.6) is 0 Å². The molecule has 4 rings (SSSR count). The van der Waals surface area contributed by atoms with Gasteiger partial charge in [-0.05, 0) is 38.0 Å². The monoisotopic (exact) mass is 352 g/mol. The quantitative estimate of drug-likeness (QED) is 0.774. The fourth-order valence-corrected chi connectivity index (χ4v) is 4.30. The maximum atomic E-state index is 12.7. The lowest BCUT2D eigenvalue weighted by molar-refractivity contribution is 0.0935. The number of amides is 1. The summed E-state index contributed by atoms with van der Waals surface area (Å²) >= 11 is 1.85. The highest BCUT2D eigenvalue weighted by atomic mass is 32.2. The summed E-state index contributed by atoms with van der Waals surface area (Å²) in [5, 5.41) is 8.42. The Morgan fingerprint density at radius 3 is 3.00 bits per heavy atom. The normalized spacial score (nSPS) is 16.8. The molecule has 0 saturated carbocycles. The number of aromatic nitrogens is 3. The summed E-state index contributed by atoms with van der Waals surface area (Å²) in [5.74, 6) is 0.929. The van der Waals surface area contributed by atoms with Crippen molar-refractivity contribution in [2.24, 2.45) is 0 Å². The van der Waals surface area contributed by atoms with E-state index in [1.165, 1.54) is 10.5 Å². The molecular formula is C19H20N4OS. The molecule has 0 saturated heterocycles. The molecule has 3 aromatic rings. The fourth-order valence-electron chi connectivity index (χ4n) is 3.18. The number of nitrogens with one attached hydrogen (secondary N) is 1. The van der Waals surface area contributed by atoms with Gasteiger partial charge in [0.1, 0.15) is 0 Å². The third-order valence-electron chi connectivity index (χ3n) is 4.45. The van der Waals surface area contributed by atoms with Crippen molar-refractivity contribution in [2.75, 3.05) is 5.75 Å². The van der Waals surface area contributed by atoms with E-state index in [1.807, 2.05) is 34.6 Å². The van der Waals surface area contributed by atoms with Gasteiger partial charge in [0.25, 0.3) is 5.91 Å². The van der Waals surface area contributed by atoms with Gasteiger partial charge in [0.05, 0.1) is 17.8 Å². The number of nitrogens with zero attached hydrogens (tertiary/aromatic N) is 3. The number of rotatable bonds is 3. The molecule has 0 radical (unpaired) electrons. The average molecular weight is 352 g/mol. The number of hydrogen-bond acceptors (Lipinski definition) is 4. The van der Waals surface area contributed by atoms with Crippen LogP contribution in [-0.4, -0.2) is 26.4 Å². The molecule has 1 aliphatic rings. The molecule has 3 heterocycles. The van der Waals surface area contributed by atoms with Crippen LogP contribution in [0.4, 0.5) is 0 Å². The summed E-state index contributed by atoms with van der Waals surface area (Å²) in [7, 11) is 0. The molecule has 1 N–H and O–H groups in total. The maximum Gasteiger partial charge on any atom is 0.253 e. The molecule has 0 unspecified atom stereocenters. The van der Waals surface area contributed by atoms with Crippen LogP contribution in [-0.2, 0) is 0 Å². The molecule has 0 spiro atoms. The van der Waals surface area contributed by atoms with Crippen molar-refractivity contribution in [3.8, 4) is 0 Å². The first-order valence-corrected chi connectivity index (χ1v) is 9.48. The van der Waals surface area contributed by atoms with Gasteiger partial charge in [-0.25, -0.2) is 9.67 Å². The van der Waals surface area contributed by atoms with Crippen molar-refractivity contribution in [1.82, 2.24) is 20.1 Å². The van der Waals surface area contributed by atoms with Crippen molar-refractivity contribution in [2.45, 2.75) is 37.2 Å². The number of hydrogen-bond donors (Lipinski definition) is 1. The summed E-state index contributed by atoms with van der Waals surface area (Å²) < 4.78 is 1.87. The van der Waals surface area contributed by atoms with E-state index in [2.05, 4.69) is 41.4 Å². The van der Waals surface area contributed by atoms with Crippen LogP contribution < -0.4 is 5.32 Å². The van der Waals surface area contributed by atoms with Crippen LogP contribution in [0, 0.1) is 0 Å². The number of carbonyl (C=O) groups excluding carboxylic acids is 1. The first-order valence-electron chi connectivity index (χ1n) is 8.49. The minimum atomic E-state index is -0.0848. The number of pyridine rings is 1. The number of benzene rings is 1. The number of fused-ring (bicyclic) bond motifs is 2. The standard InChI is InChI=1S/C19H20N4OS/c1-12(2)23-18-13(11-21-23)9-14(10-20-18)19(24)22-16-7-8-25-17-6-4-3-5-15(16)17/h3-6,9-12,16H,7-8H2,1-2H3,(H,22,24)/t16-/m0/s1. The molecule has 2 aromatic heterocycles. The van der Waals surface area contributed by atoms with Gasteiger partial charge in [-0.15, -0.1) is 11.8 Å². The highest BCUT2D eigenvalue weighted by Crippen LogP contribution is 2.35. The van der Waals surface area contributed by atoms with Gasteiger partial charge in [0, 0.05) is 28.3 Å². The zero-order chi connectivity index (χ0) is 17.4. The average Bonchev–Trinajstić information content (AvgIpc) is 3.05. The third kappa shape index (κ3) is 3.02. The SMILES string of the molecule is CC(C)n1ncc2cc(C(=O)N[C@H]3CCSc4ccccc43)cnc21. The summed E-state index contributed by atoms with van der Waals surface area (Å²) in [5.41, 5.74) is 2.59. The Hall–Kier alpha value is -2.34. The Labute approximate surface area is 150 Å². The first-order chi connectivity index (χ1) is 12.1. The van der Waals surface area contributed by atoms with E-state index >= 15 is 0 Å². The van der Waals surface area contributed by atoms with E-state index in [9.17, 15) is 4.79 Å². The molecule has 6 heteroatoms. The van der Waals surface area contributed by atoms with Crippen molar-refractivity contribution in [1.29, 1.82) is 0 Å². The molecule has 1 aromatic carbocycles. The van der Waals surface area contributed by atoms with Gasteiger partial charge in [0.2, 0.25) is 0 Å². The smallest absolute Gasteiger partial charge is 0.253 e. The second-order valence-electron chi connectivity index (χ2n) is 6.52. The molecule has 5 nitrogen and oxygen atoms in total. The summed E-state index contributed by atoms with van der Waals surface area (Å²) in [4.78, 5) is 18.4. The molecule has 1 aliphatic heterocycles. The first kappa shape index (κ1) is 16.1. The summed E-state index contributed by atoms with van der Waals surface area (Å²) in [6.45, 7) is 4.13. The van der Waals surface area contributed by atoms with Crippen LogP contribution in [0.1, 0.15) is 48.3 Å². The van der Waals surface area contributed by atoms with Gasteiger partial charge in [-0.2, -0.15) is 5.10 Å². The van der Waals surface area contributed by atoms with Gasteiger partial charge >= 0.3 is 0 Å².